The van der Waals surface area contributed by atoms with Gasteiger partial charge >= 0.3 is 0 Å². The Morgan fingerprint density at radius 2 is 2.07 bits per heavy atom. The Morgan fingerprint density at radius 1 is 1.23 bits per heavy atom. The number of rotatable bonds is 3. The van der Waals surface area contributed by atoms with Crippen LogP contribution in [0.4, 0.5) is 0 Å². The van der Waals surface area contributed by atoms with E-state index in [0.717, 1.165) is 29.6 Å². The molecule has 1 saturated heterocycles. The van der Waals surface area contributed by atoms with Crippen LogP contribution >= 0.6 is 0 Å². The topological polar surface area (TPSA) is 85.3 Å². The van der Waals surface area contributed by atoms with E-state index in [-0.39, 0.29) is 17.7 Å². The summed E-state index contributed by atoms with van der Waals surface area (Å²) in [5.41, 5.74) is 4.19. The van der Waals surface area contributed by atoms with Gasteiger partial charge in [-0.3, -0.25) is 4.79 Å². The van der Waals surface area contributed by atoms with Crippen LogP contribution in [0.1, 0.15) is 66.2 Å². The van der Waals surface area contributed by atoms with Crippen LogP contribution in [0.2, 0.25) is 0 Å². The first-order chi connectivity index (χ1) is 14.5. The predicted molar refractivity (Wildman–Crippen MR) is 113 cm³/mol. The highest BCUT2D eigenvalue weighted by molar-refractivity contribution is 6.06. The molecule has 0 spiro atoms. The van der Waals surface area contributed by atoms with Gasteiger partial charge in [-0.2, -0.15) is 0 Å². The van der Waals surface area contributed by atoms with E-state index in [9.17, 15) is 4.79 Å². The number of hydrogen-bond donors (Lipinski definition) is 0. The smallest absolute Gasteiger partial charge is 0.259 e. The number of pyridine rings is 1. The first-order valence-electron chi connectivity index (χ1n) is 10.4. The highest BCUT2D eigenvalue weighted by Crippen LogP contribution is 2.31. The zero-order valence-electron chi connectivity index (χ0n) is 17.4. The molecule has 7 nitrogen and oxygen atoms in total. The molecule has 4 heterocycles. The molecule has 1 aromatic carbocycles. The number of hydrogen-bond acceptors (Lipinski definition) is 6. The minimum Gasteiger partial charge on any atom is -0.440 e. The molecule has 1 atom stereocenters. The van der Waals surface area contributed by atoms with Crippen molar-refractivity contribution < 1.29 is 13.7 Å². The van der Waals surface area contributed by atoms with E-state index in [1.807, 2.05) is 42.2 Å². The molecule has 4 aromatic rings. The Hall–Kier alpha value is -3.22. The van der Waals surface area contributed by atoms with Crippen molar-refractivity contribution >= 4 is 28.1 Å². The summed E-state index contributed by atoms with van der Waals surface area (Å²) in [5, 5.41) is 4.74. The van der Waals surface area contributed by atoms with Crippen LogP contribution in [0.5, 0.6) is 0 Å². The van der Waals surface area contributed by atoms with E-state index >= 15 is 0 Å². The molecule has 1 unspecified atom stereocenters. The van der Waals surface area contributed by atoms with Crippen LogP contribution in [0.25, 0.3) is 22.2 Å². The van der Waals surface area contributed by atoms with Gasteiger partial charge in [-0.1, -0.05) is 31.1 Å². The number of para-hydroxylation sites is 2. The Kier molecular flexibility index (Phi) is 4.53. The lowest BCUT2D eigenvalue weighted by Gasteiger charge is -2.31. The van der Waals surface area contributed by atoms with Gasteiger partial charge in [0.25, 0.3) is 11.6 Å². The van der Waals surface area contributed by atoms with Crippen molar-refractivity contribution in [1.29, 1.82) is 0 Å². The first-order valence-corrected chi connectivity index (χ1v) is 10.4. The highest BCUT2D eigenvalue weighted by atomic mass is 16.5. The zero-order chi connectivity index (χ0) is 20.8. The summed E-state index contributed by atoms with van der Waals surface area (Å²) in [5.74, 6) is 0.954. The number of benzene rings is 1. The number of carbonyl (C=O) groups excluding carboxylic acids is 1. The third-order valence-electron chi connectivity index (χ3n) is 5.83. The number of piperidine rings is 1. The van der Waals surface area contributed by atoms with Gasteiger partial charge in [0, 0.05) is 18.8 Å². The highest BCUT2D eigenvalue weighted by Gasteiger charge is 2.30. The van der Waals surface area contributed by atoms with Gasteiger partial charge in [-0.25, -0.2) is 9.97 Å². The van der Waals surface area contributed by atoms with Crippen molar-refractivity contribution in [3.05, 3.63) is 53.2 Å². The van der Waals surface area contributed by atoms with Gasteiger partial charge in [-0.15, -0.1) is 0 Å². The zero-order valence-corrected chi connectivity index (χ0v) is 17.4. The van der Waals surface area contributed by atoms with Crippen LogP contribution in [0.3, 0.4) is 0 Å². The Bertz CT molecular complexity index is 1210. The fraction of sp³-hybridized carbons (Fsp3) is 0.391. The minimum atomic E-state index is -0.0172. The molecule has 1 aliphatic heterocycles. The number of fused-ring (bicyclic) bond motifs is 2. The molecular weight excluding hydrogens is 380 g/mol. The lowest BCUT2D eigenvalue weighted by molar-refractivity contribution is 0.0700. The Morgan fingerprint density at radius 3 is 2.87 bits per heavy atom. The Balaban J connectivity index is 1.48. The predicted octanol–water partition coefficient (Wildman–Crippen LogP) is 4.82. The summed E-state index contributed by atoms with van der Waals surface area (Å²) in [4.78, 5) is 24.7. The first kappa shape index (κ1) is 18.8. The maximum absolute atomic E-state index is 13.6. The van der Waals surface area contributed by atoms with E-state index in [1.54, 1.807) is 0 Å². The van der Waals surface area contributed by atoms with Crippen molar-refractivity contribution in [2.24, 2.45) is 0 Å². The van der Waals surface area contributed by atoms with Gasteiger partial charge in [-0.05, 0) is 43.9 Å². The molecule has 0 N–H and O–H groups in total. The van der Waals surface area contributed by atoms with Gasteiger partial charge in [0.05, 0.1) is 22.6 Å². The normalized spacial score (nSPS) is 17.3. The molecule has 0 aliphatic carbocycles. The largest absolute Gasteiger partial charge is 0.440 e. The van der Waals surface area contributed by atoms with Crippen LogP contribution in [0, 0.1) is 6.92 Å². The van der Waals surface area contributed by atoms with Crippen LogP contribution in [0.15, 0.2) is 39.3 Å². The van der Waals surface area contributed by atoms with E-state index in [1.165, 1.54) is 0 Å². The van der Waals surface area contributed by atoms with Gasteiger partial charge in [0.1, 0.15) is 5.52 Å². The number of aromatic nitrogens is 3. The molecule has 3 aromatic heterocycles. The maximum Gasteiger partial charge on any atom is 0.259 e. The SMILES string of the molecule is Cc1noc2nc(C(C)C)cc(C(=O)N3CCCC(c4nc5ccccc5o4)C3)c12. The summed E-state index contributed by atoms with van der Waals surface area (Å²) in [6.45, 7) is 7.24. The summed E-state index contributed by atoms with van der Waals surface area (Å²) in [6.07, 6.45) is 1.86. The summed E-state index contributed by atoms with van der Waals surface area (Å²) < 4.78 is 11.4. The van der Waals surface area contributed by atoms with Crippen molar-refractivity contribution in [3.63, 3.8) is 0 Å². The van der Waals surface area contributed by atoms with Crippen molar-refractivity contribution in [1.82, 2.24) is 20.0 Å². The van der Waals surface area contributed by atoms with Crippen LogP contribution in [-0.2, 0) is 0 Å². The van der Waals surface area contributed by atoms with E-state index in [4.69, 9.17) is 8.94 Å². The van der Waals surface area contributed by atoms with E-state index in [2.05, 4.69) is 29.0 Å². The molecule has 0 bridgehead atoms. The molecule has 0 saturated carbocycles. The third kappa shape index (κ3) is 3.14. The van der Waals surface area contributed by atoms with Crippen molar-refractivity contribution in [2.75, 3.05) is 13.1 Å². The Labute approximate surface area is 174 Å². The number of nitrogens with zero attached hydrogens (tertiary/aromatic N) is 4. The number of amides is 1. The standard InChI is InChI=1S/C23H24N4O3/c1-13(2)18-11-16(20-14(3)26-30-22(20)25-18)23(28)27-10-6-7-15(12-27)21-24-17-8-4-5-9-19(17)29-21/h4-5,8-9,11,13,15H,6-7,10,12H2,1-3H3. The second-order valence-corrected chi connectivity index (χ2v) is 8.31. The molecule has 0 radical (unpaired) electrons. The van der Waals surface area contributed by atoms with Gasteiger partial charge in [0.15, 0.2) is 11.5 Å². The molecule has 1 amide bonds. The molecule has 30 heavy (non-hydrogen) atoms. The molecule has 1 fully saturated rings. The molecule has 7 heteroatoms. The number of aryl methyl sites for hydroxylation is 1. The average molecular weight is 404 g/mol. The second kappa shape index (κ2) is 7.23. The summed E-state index contributed by atoms with van der Waals surface area (Å²) >= 11 is 0. The van der Waals surface area contributed by atoms with Crippen LogP contribution < -0.4 is 0 Å². The van der Waals surface area contributed by atoms with E-state index < -0.39 is 0 Å². The number of oxazole rings is 1. The monoisotopic (exact) mass is 404 g/mol. The third-order valence-corrected chi connectivity index (χ3v) is 5.83. The van der Waals surface area contributed by atoms with Gasteiger partial charge in [0.2, 0.25) is 0 Å². The number of likely N-dealkylation sites (tertiary alicyclic amines) is 1. The average Bonchev–Trinajstić information content (AvgIpc) is 3.36. The second-order valence-electron chi connectivity index (χ2n) is 8.31. The summed E-state index contributed by atoms with van der Waals surface area (Å²) in [6, 6.07) is 9.66. The van der Waals surface area contributed by atoms with Gasteiger partial charge < -0.3 is 13.8 Å². The lowest BCUT2D eigenvalue weighted by Crippen LogP contribution is -2.39. The fourth-order valence-electron chi connectivity index (χ4n) is 4.18. The fourth-order valence-corrected chi connectivity index (χ4v) is 4.18. The molecule has 154 valence electrons. The van der Waals surface area contributed by atoms with E-state index in [0.29, 0.717) is 41.3 Å². The molecule has 1 aliphatic rings. The van der Waals surface area contributed by atoms with Crippen LogP contribution in [-0.4, -0.2) is 39.0 Å². The number of carbonyl (C=O) groups is 1. The summed E-state index contributed by atoms with van der Waals surface area (Å²) in [7, 11) is 0. The lowest BCUT2D eigenvalue weighted by atomic mass is 9.96. The minimum absolute atomic E-state index is 0.0172. The molecular formula is C23H24N4O3. The maximum atomic E-state index is 13.6. The van der Waals surface area contributed by atoms with Crippen molar-refractivity contribution in [3.8, 4) is 0 Å². The quantitative estimate of drug-likeness (QED) is 0.487. The molecule has 5 rings (SSSR count). The van der Waals surface area contributed by atoms with Crippen molar-refractivity contribution in [2.45, 2.75) is 45.4 Å².